The quantitative estimate of drug-likeness (QED) is 0.477. The van der Waals surface area contributed by atoms with Gasteiger partial charge in [-0.25, -0.2) is 18.9 Å². The van der Waals surface area contributed by atoms with Gasteiger partial charge in [-0.3, -0.25) is 4.79 Å². The molecule has 4 rings (SSSR count). The zero-order valence-electron chi connectivity index (χ0n) is 16.7. The molecular weight excluding hydrogens is 438 g/mol. The summed E-state index contributed by atoms with van der Waals surface area (Å²) in [5.41, 5.74) is 1.61. The SMILES string of the molecule is COc1ccc(NC(=O)Cn2nc3c(Sc4ccc(C)cc4)nccn3c2=O)cc1Cl. The van der Waals surface area contributed by atoms with Crippen molar-refractivity contribution in [3.63, 3.8) is 0 Å². The number of ether oxygens (including phenoxy) is 1. The molecule has 10 heteroatoms. The number of halogens is 1. The van der Waals surface area contributed by atoms with E-state index < -0.39 is 11.6 Å². The van der Waals surface area contributed by atoms with Gasteiger partial charge in [0, 0.05) is 23.0 Å². The van der Waals surface area contributed by atoms with Crippen LogP contribution in [-0.4, -0.2) is 32.2 Å². The van der Waals surface area contributed by atoms with E-state index in [1.54, 1.807) is 18.2 Å². The van der Waals surface area contributed by atoms with Crippen molar-refractivity contribution < 1.29 is 9.53 Å². The average molecular weight is 456 g/mol. The van der Waals surface area contributed by atoms with Crippen LogP contribution in [0.3, 0.4) is 0 Å². The Bertz CT molecular complexity index is 1320. The number of carbonyl (C=O) groups excluding carboxylic acids is 1. The number of benzene rings is 2. The fourth-order valence-electron chi connectivity index (χ4n) is 2.90. The van der Waals surface area contributed by atoms with Gasteiger partial charge in [-0.05, 0) is 37.3 Å². The van der Waals surface area contributed by atoms with Gasteiger partial charge in [0.2, 0.25) is 5.91 Å². The van der Waals surface area contributed by atoms with Crippen LogP contribution in [-0.2, 0) is 11.3 Å². The summed E-state index contributed by atoms with van der Waals surface area (Å²) < 4.78 is 7.58. The van der Waals surface area contributed by atoms with E-state index in [4.69, 9.17) is 16.3 Å². The molecule has 0 aliphatic rings. The molecule has 0 saturated carbocycles. The van der Waals surface area contributed by atoms with Gasteiger partial charge in [0.1, 0.15) is 17.3 Å². The van der Waals surface area contributed by atoms with Gasteiger partial charge in [-0.2, -0.15) is 0 Å². The standard InChI is InChI=1S/C21H18ClN5O3S/c1-13-3-6-15(7-4-13)31-20-19-25-27(21(29)26(19)10-9-23-20)12-18(28)24-14-5-8-17(30-2)16(22)11-14/h3-11H,12H2,1-2H3,(H,24,28). The Morgan fingerprint density at radius 3 is 2.71 bits per heavy atom. The molecule has 0 fully saturated rings. The molecule has 2 heterocycles. The third kappa shape index (κ3) is 4.57. The number of hydrogen-bond acceptors (Lipinski definition) is 6. The van der Waals surface area contributed by atoms with Gasteiger partial charge in [-0.15, -0.1) is 5.10 Å². The molecule has 1 N–H and O–H groups in total. The molecule has 2 aromatic heterocycles. The van der Waals surface area contributed by atoms with E-state index >= 15 is 0 Å². The molecule has 0 unspecified atom stereocenters. The summed E-state index contributed by atoms with van der Waals surface area (Å²) in [5, 5.41) is 7.98. The van der Waals surface area contributed by atoms with Gasteiger partial charge in [0.25, 0.3) is 0 Å². The normalized spacial score (nSPS) is 10.9. The summed E-state index contributed by atoms with van der Waals surface area (Å²) in [7, 11) is 1.51. The van der Waals surface area contributed by atoms with Crippen LogP contribution in [0, 0.1) is 6.92 Å². The van der Waals surface area contributed by atoms with Gasteiger partial charge < -0.3 is 10.1 Å². The number of rotatable bonds is 6. The predicted molar refractivity (Wildman–Crippen MR) is 119 cm³/mol. The van der Waals surface area contributed by atoms with Gasteiger partial charge in [0.15, 0.2) is 5.65 Å². The molecular formula is C21H18ClN5O3S. The topological polar surface area (TPSA) is 90.5 Å². The van der Waals surface area contributed by atoms with E-state index in [9.17, 15) is 9.59 Å². The lowest BCUT2D eigenvalue weighted by Crippen LogP contribution is -2.28. The smallest absolute Gasteiger partial charge is 0.350 e. The summed E-state index contributed by atoms with van der Waals surface area (Å²) in [4.78, 5) is 30.5. The maximum atomic E-state index is 12.7. The molecule has 0 saturated heterocycles. The van der Waals surface area contributed by atoms with Crippen LogP contribution in [0.4, 0.5) is 5.69 Å². The lowest BCUT2D eigenvalue weighted by molar-refractivity contribution is -0.117. The Balaban J connectivity index is 1.56. The number of aryl methyl sites for hydroxylation is 1. The van der Waals surface area contributed by atoms with E-state index in [0.717, 1.165) is 15.1 Å². The van der Waals surface area contributed by atoms with E-state index in [0.29, 0.717) is 27.1 Å². The first kappa shape index (κ1) is 21.0. The van der Waals surface area contributed by atoms with Crippen molar-refractivity contribution in [3.8, 4) is 5.75 Å². The van der Waals surface area contributed by atoms with Crippen LogP contribution in [0.1, 0.15) is 5.56 Å². The Hall–Kier alpha value is -3.30. The first-order chi connectivity index (χ1) is 14.9. The second kappa shape index (κ2) is 8.83. The monoisotopic (exact) mass is 455 g/mol. The highest BCUT2D eigenvalue weighted by molar-refractivity contribution is 7.99. The van der Waals surface area contributed by atoms with Crippen molar-refractivity contribution in [2.75, 3.05) is 12.4 Å². The largest absolute Gasteiger partial charge is 0.495 e. The Kier molecular flexibility index (Phi) is 5.97. The Morgan fingerprint density at radius 1 is 1.23 bits per heavy atom. The van der Waals surface area contributed by atoms with Crippen LogP contribution in [0.15, 0.2) is 69.6 Å². The van der Waals surface area contributed by atoms with Crippen molar-refractivity contribution in [1.82, 2.24) is 19.2 Å². The summed E-state index contributed by atoms with van der Waals surface area (Å²) in [6, 6.07) is 12.9. The maximum absolute atomic E-state index is 12.7. The molecule has 0 spiro atoms. The maximum Gasteiger partial charge on any atom is 0.350 e. The molecule has 0 aliphatic carbocycles. The summed E-state index contributed by atoms with van der Waals surface area (Å²) in [6.07, 6.45) is 3.07. The molecule has 2 aromatic carbocycles. The Morgan fingerprint density at radius 2 is 2.00 bits per heavy atom. The molecule has 31 heavy (non-hydrogen) atoms. The van der Waals surface area contributed by atoms with Crippen molar-refractivity contribution in [1.29, 1.82) is 0 Å². The van der Waals surface area contributed by atoms with Gasteiger partial charge in [0.05, 0.1) is 12.1 Å². The van der Waals surface area contributed by atoms with E-state index in [2.05, 4.69) is 15.4 Å². The second-order valence-electron chi connectivity index (χ2n) is 6.68. The number of fused-ring (bicyclic) bond motifs is 1. The Labute approximate surface area is 186 Å². The number of hydrogen-bond donors (Lipinski definition) is 1. The van der Waals surface area contributed by atoms with Crippen LogP contribution >= 0.6 is 23.4 Å². The minimum Gasteiger partial charge on any atom is -0.495 e. The fourth-order valence-corrected chi connectivity index (χ4v) is 4.00. The number of anilines is 1. The molecule has 4 aromatic rings. The van der Waals surface area contributed by atoms with Crippen LogP contribution in [0.2, 0.25) is 5.02 Å². The van der Waals surface area contributed by atoms with Crippen molar-refractivity contribution in [2.45, 2.75) is 23.4 Å². The van der Waals surface area contributed by atoms with Crippen LogP contribution in [0.5, 0.6) is 5.75 Å². The highest BCUT2D eigenvalue weighted by Gasteiger charge is 2.15. The molecule has 0 aliphatic heterocycles. The highest BCUT2D eigenvalue weighted by atomic mass is 35.5. The first-order valence-electron chi connectivity index (χ1n) is 9.26. The number of carbonyl (C=O) groups is 1. The fraction of sp³-hybridized carbons (Fsp3) is 0.143. The first-order valence-corrected chi connectivity index (χ1v) is 10.5. The molecule has 8 nitrogen and oxygen atoms in total. The van der Waals surface area contributed by atoms with E-state index in [1.807, 2.05) is 31.2 Å². The second-order valence-corrected chi connectivity index (χ2v) is 8.15. The number of amides is 1. The van der Waals surface area contributed by atoms with Crippen LogP contribution < -0.4 is 15.7 Å². The number of methoxy groups -OCH3 is 1. The molecule has 0 bridgehead atoms. The number of nitrogens with zero attached hydrogens (tertiary/aromatic N) is 4. The third-order valence-corrected chi connectivity index (χ3v) is 5.72. The molecule has 0 atom stereocenters. The highest BCUT2D eigenvalue weighted by Crippen LogP contribution is 2.28. The van der Waals surface area contributed by atoms with Gasteiger partial charge >= 0.3 is 5.69 Å². The van der Waals surface area contributed by atoms with E-state index in [-0.39, 0.29) is 6.54 Å². The summed E-state index contributed by atoms with van der Waals surface area (Å²) >= 11 is 7.49. The minimum atomic E-state index is -0.425. The third-order valence-electron chi connectivity index (χ3n) is 4.43. The summed E-state index contributed by atoms with van der Waals surface area (Å²) in [5.74, 6) is 0.0924. The average Bonchev–Trinajstić information content (AvgIpc) is 3.06. The van der Waals surface area contributed by atoms with Crippen LogP contribution in [0.25, 0.3) is 5.65 Å². The lowest BCUT2D eigenvalue weighted by Gasteiger charge is -2.07. The van der Waals surface area contributed by atoms with Crippen molar-refractivity contribution in [2.24, 2.45) is 0 Å². The number of aromatic nitrogens is 4. The molecule has 158 valence electrons. The van der Waals surface area contributed by atoms with E-state index in [1.165, 1.54) is 35.7 Å². The minimum absolute atomic E-state index is 0.251. The summed E-state index contributed by atoms with van der Waals surface area (Å²) in [6.45, 7) is 1.76. The predicted octanol–water partition coefficient (Wildman–Crippen LogP) is 3.65. The molecule has 0 radical (unpaired) electrons. The lowest BCUT2D eigenvalue weighted by atomic mass is 10.2. The zero-order chi connectivity index (χ0) is 22.0. The number of nitrogens with one attached hydrogen (secondary N) is 1. The van der Waals surface area contributed by atoms with Crippen molar-refractivity contribution >= 4 is 40.6 Å². The zero-order valence-corrected chi connectivity index (χ0v) is 18.3. The van der Waals surface area contributed by atoms with Gasteiger partial charge in [-0.1, -0.05) is 41.1 Å². The molecule has 1 amide bonds. The van der Waals surface area contributed by atoms with Crippen molar-refractivity contribution in [3.05, 3.63) is 75.9 Å².